The van der Waals surface area contributed by atoms with Crippen LogP contribution in [0.1, 0.15) is 24.6 Å². The summed E-state index contributed by atoms with van der Waals surface area (Å²) in [6, 6.07) is 11.1. The molecule has 0 amide bonds. The van der Waals surface area contributed by atoms with Gasteiger partial charge in [-0.3, -0.25) is 0 Å². The van der Waals surface area contributed by atoms with Crippen LogP contribution in [0.4, 0.5) is 15.8 Å². The average molecular weight is 376 g/mol. The number of rotatable bonds is 5. The Balaban J connectivity index is 1.47. The van der Waals surface area contributed by atoms with Crippen molar-refractivity contribution in [2.45, 2.75) is 26.2 Å². The second-order valence-electron chi connectivity index (χ2n) is 7.47. The number of hydrogen-bond acceptors (Lipinski definition) is 4. The van der Waals surface area contributed by atoms with E-state index in [1.165, 1.54) is 25.1 Å². The van der Waals surface area contributed by atoms with Gasteiger partial charge in [0.05, 0.1) is 23.0 Å². The number of aromatic nitrogens is 3. The van der Waals surface area contributed by atoms with Gasteiger partial charge in [0.15, 0.2) is 11.7 Å². The summed E-state index contributed by atoms with van der Waals surface area (Å²) in [5.41, 5.74) is 3.93. The van der Waals surface area contributed by atoms with Gasteiger partial charge in [-0.1, -0.05) is 6.07 Å². The van der Waals surface area contributed by atoms with Crippen LogP contribution in [-0.2, 0) is 13.5 Å². The number of halogens is 1. The van der Waals surface area contributed by atoms with E-state index in [-0.39, 0.29) is 5.82 Å². The zero-order chi connectivity index (χ0) is 19.3. The molecule has 0 aliphatic heterocycles. The molecule has 1 fully saturated rings. The zero-order valence-electron chi connectivity index (χ0n) is 15.9. The quantitative estimate of drug-likeness (QED) is 0.509. The van der Waals surface area contributed by atoms with E-state index in [2.05, 4.69) is 28.0 Å². The van der Waals surface area contributed by atoms with E-state index >= 15 is 0 Å². The molecule has 2 heterocycles. The molecule has 5 nitrogen and oxygen atoms in total. The van der Waals surface area contributed by atoms with Crippen LogP contribution in [0.2, 0.25) is 0 Å². The van der Waals surface area contributed by atoms with E-state index < -0.39 is 0 Å². The minimum absolute atomic E-state index is 0.358. The number of nitrogens with one attached hydrogen (secondary N) is 1. The molecular formula is C22H21FN4O. The van der Waals surface area contributed by atoms with Gasteiger partial charge in [0.2, 0.25) is 0 Å². The number of hydrogen-bond donors (Lipinski definition) is 1. The summed E-state index contributed by atoms with van der Waals surface area (Å²) in [4.78, 5) is 8.90. The van der Waals surface area contributed by atoms with Gasteiger partial charge in [-0.15, -0.1) is 0 Å². The summed E-state index contributed by atoms with van der Waals surface area (Å²) in [6.45, 7) is 1.74. The van der Waals surface area contributed by atoms with Crippen LogP contribution in [-0.4, -0.2) is 14.5 Å². The van der Waals surface area contributed by atoms with Crippen LogP contribution in [0.15, 0.2) is 47.0 Å². The van der Waals surface area contributed by atoms with Crippen LogP contribution in [0.25, 0.3) is 22.4 Å². The molecule has 2 aromatic heterocycles. The monoisotopic (exact) mass is 376 g/mol. The normalized spacial score (nSPS) is 14.0. The van der Waals surface area contributed by atoms with Crippen molar-refractivity contribution in [2.24, 2.45) is 13.0 Å². The molecule has 5 rings (SSSR count). The van der Waals surface area contributed by atoms with Crippen molar-refractivity contribution in [3.63, 3.8) is 0 Å². The second-order valence-corrected chi connectivity index (χ2v) is 7.47. The molecule has 1 saturated carbocycles. The van der Waals surface area contributed by atoms with Crippen LogP contribution < -0.4 is 5.32 Å². The molecule has 0 unspecified atom stereocenters. The summed E-state index contributed by atoms with van der Waals surface area (Å²) in [7, 11) is 2.06. The lowest BCUT2D eigenvalue weighted by Gasteiger charge is -2.09. The van der Waals surface area contributed by atoms with Crippen LogP contribution in [0, 0.1) is 18.7 Å². The lowest BCUT2D eigenvalue weighted by molar-refractivity contribution is 0.528. The highest BCUT2D eigenvalue weighted by Gasteiger charge is 2.24. The molecule has 142 valence electrons. The van der Waals surface area contributed by atoms with Crippen molar-refractivity contribution in [1.29, 1.82) is 0 Å². The molecule has 0 saturated heterocycles. The number of imidazole rings is 1. The van der Waals surface area contributed by atoms with E-state index in [0.29, 0.717) is 22.9 Å². The molecule has 1 aliphatic carbocycles. The highest BCUT2D eigenvalue weighted by molar-refractivity contribution is 5.91. The molecule has 0 atom stereocenters. The van der Waals surface area contributed by atoms with Gasteiger partial charge in [0.25, 0.3) is 0 Å². The van der Waals surface area contributed by atoms with Crippen molar-refractivity contribution < 1.29 is 8.81 Å². The molecule has 1 aliphatic rings. The van der Waals surface area contributed by atoms with Crippen molar-refractivity contribution >= 4 is 22.4 Å². The van der Waals surface area contributed by atoms with E-state index in [1.54, 1.807) is 13.0 Å². The second kappa shape index (κ2) is 6.48. The van der Waals surface area contributed by atoms with Gasteiger partial charge in [-0.25, -0.2) is 14.4 Å². The maximum Gasteiger partial charge on any atom is 0.191 e. The minimum Gasteiger partial charge on any atom is -0.441 e. The predicted molar refractivity (Wildman–Crippen MR) is 107 cm³/mol. The van der Waals surface area contributed by atoms with Gasteiger partial charge >= 0.3 is 0 Å². The summed E-state index contributed by atoms with van der Waals surface area (Å²) in [6.07, 6.45) is 5.15. The van der Waals surface area contributed by atoms with Crippen molar-refractivity contribution in [3.8, 4) is 11.3 Å². The Hall–Kier alpha value is -3.15. The fraction of sp³-hybridized carbons (Fsp3) is 0.273. The molecule has 4 aromatic rings. The van der Waals surface area contributed by atoms with Gasteiger partial charge < -0.3 is 14.3 Å². The Bertz CT molecular complexity index is 1170. The first-order valence-electron chi connectivity index (χ1n) is 9.52. The van der Waals surface area contributed by atoms with Crippen LogP contribution >= 0.6 is 0 Å². The molecule has 0 radical (unpaired) electrons. The largest absolute Gasteiger partial charge is 0.441 e. The maximum absolute atomic E-state index is 14.6. The van der Waals surface area contributed by atoms with Gasteiger partial charge in [0, 0.05) is 26.1 Å². The van der Waals surface area contributed by atoms with Gasteiger partial charge in [-0.05, 0) is 49.1 Å². The molecule has 1 N–H and O–H groups in total. The zero-order valence-corrected chi connectivity index (χ0v) is 15.9. The van der Waals surface area contributed by atoms with E-state index in [1.807, 2.05) is 18.2 Å². The summed E-state index contributed by atoms with van der Waals surface area (Å²) >= 11 is 0. The van der Waals surface area contributed by atoms with Crippen molar-refractivity contribution in [2.75, 3.05) is 5.32 Å². The molecular weight excluding hydrogens is 355 g/mol. The standard InChI is InChI=1S/C22H21FN4O/c1-13-24-12-20(28-13)16-9-8-15(11-17(16)23)25-18-4-3-5-19-22(18)26-21(27(19)2)10-14-6-7-14/h3-5,8-9,11-12,14,25H,6-7,10H2,1-2H3. The lowest BCUT2D eigenvalue weighted by atomic mass is 10.1. The lowest BCUT2D eigenvalue weighted by Crippen LogP contribution is -1.98. The topological polar surface area (TPSA) is 55.9 Å². The number of oxazole rings is 1. The Morgan fingerprint density at radius 2 is 2.11 bits per heavy atom. The fourth-order valence-electron chi connectivity index (χ4n) is 3.56. The Labute approximate surface area is 162 Å². The number of aryl methyl sites for hydroxylation is 2. The first kappa shape index (κ1) is 17.0. The number of nitrogens with zero attached hydrogens (tertiary/aromatic N) is 3. The van der Waals surface area contributed by atoms with E-state index in [0.717, 1.165) is 34.9 Å². The summed E-state index contributed by atoms with van der Waals surface area (Å²) < 4.78 is 22.2. The number of benzene rings is 2. The molecule has 0 spiro atoms. The van der Waals surface area contributed by atoms with E-state index in [4.69, 9.17) is 9.40 Å². The number of fused-ring (bicyclic) bond motifs is 1. The van der Waals surface area contributed by atoms with Crippen molar-refractivity contribution in [1.82, 2.24) is 14.5 Å². The Morgan fingerprint density at radius 1 is 1.25 bits per heavy atom. The summed E-state index contributed by atoms with van der Waals surface area (Å²) in [5, 5.41) is 3.32. The van der Waals surface area contributed by atoms with Crippen LogP contribution in [0.5, 0.6) is 0 Å². The molecule has 0 bridgehead atoms. The van der Waals surface area contributed by atoms with Crippen LogP contribution in [0.3, 0.4) is 0 Å². The Morgan fingerprint density at radius 3 is 2.82 bits per heavy atom. The molecule has 28 heavy (non-hydrogen) atoms. The SMILES string of the molecule is Cc1ncc(-c2ccc(Nc3cccc4c3nc(CC3CC3)n4C)cc2F)o1. The van der Waals surface area contributed by atoms with Crippen molar-refractivity contribution in [3.05, 3.63) is 60.1 Å². The third kappa shape index (κ3) is 3.05. The smallest absolute Gasteiger partial charge is 0.191 e. The maximum atomic E-state index is 14.6. The van der Waals surface area contributed by atoms with Gasteiger partial charge in [0.1, 0.15) is 17.2 Å². The molecule has 2 aromatic carbocycles. The molecule has 6 heteroatoms. The Kier molecular flexibility index (Phi) is 3.93. The minimum atomic E-state index is -0.358. The average Bonchev–Trinajstić information content (AvgIpc) is 3.30. The first-order chi connectivity index (χ1) is 13.6. The third-order valence-electron chi connectivity index (χ3n) is 5.31. The summed E-state index contributed by atoms with van der Waals surface area (Å²) in [5.74, 6) is 2.46. The highest BCUT2D eigenvalue weighted by atomic mass is 19.1. The van der Waals surface area contributed by atoms with Gasteiger partial charge in [-0.2, -0.15) is 0 Å². The highest BCUT2D eigenvalue weighted by Crippen LogP contribution is 2.34. The number of para-hydroxylation sites is 1. The predicted octanol–water partition coefficient (Wildman–Crippen LogP) is 5.37. The third-order valence-corrected chi connectivity index (χ3v) is 5.31. The fourth-order valence-corrected chi connectivity index (χ4v) is 3.56. The van der Waals surface area contributed by atoms with E-state index in [9.17, 15) is 4.39 Å². The first-order valence-corrected chi connectivity index (χ1v) is 9.52. The number of anilines is 2.